The molecular weight excluding hydrogens is 435 g/mol. The lowest BCUT2D eigenvalue weighted by atomic mass is 10.3. The molecule has 160 valence electrons. The van der Waals surface area contributed by atoms with Crippen LogP contribution in [0.4, 0.5) is 9.52 Å². The van der Waals surface area contributed by atoms with Gasteiger partial charge >= 0.3 is 0 Å². The quantitative estimate of drug-likeness (QED) is 0.430. The van der Waals surface area contributed by atoms with Crippen molar-refractivity contribution in [1.82, 2.24) is 14.9 Å². The van der Waals surface area contributed by atoms with E-state index in [1.165, 1.54) is 28.7 Å². The monoisotopic (exact) mass is 456 g/mol. The zero-order valence-electron chi connectivity index (χ0n) is 16.8. The molecule has 0 aliphatic carbocycles. The van der Waals surface area contributed by atoms with Crippen molar-refractivity contribution in [2.75, 3.05) is 44.3 Å². The van der Waals surface area contributed by atoms with E-state index >= 15 is 0 Å². The van der Waals surface area contributed by atoms with E-state index in [2.05, 4.69) is 14.9 Å². The average Bonchev–Trinajstić information content (AvgIpc) is 3.42. The number of aromatic nitrogens is 2. The highest BCUT2D eigenvalue weighted by Crippen LogP contribution is 2.32. The molecule has 4 aromatic rings. The fraction of sp³-hybridized carbons (Fsp3) is 0.318. The molecule has 2 aromatic carbocycles. The molecule has 3 heterocycles. The number of halogens is 1. The van der Waals surface area contributed by atoms with E-state index in [0.29, 0.717) is 22.2 Å². The summed E-state index contributed by atoms with van der Waals surface area (Å²) in [6.45, 7) is 4.65. The van der Waals surface area contributed by atoms with Gasteiger partial charge in [-0.2, -0.15) is 0 Å². The van der Waals surface area contributed by atoms with Crippen molar-refractivity contribution in [2.45, 2.75) is 6.42 Å². The summed E-state index contributed by atoms with van der Waals surface area (Å²) in [4.78, 5) is 26.5. The number of hydrogen-bond donors (Lipinski definition) is 0. The fourth-order valence-electron chi connectivity index (χ4n) is 3.66. The number of rotatable bonds is 6. The number of carbonyl (C=O) groups excluding carboxylic acids is 1. The zero-order valence-corrected chi connectivity index (χ0v) is 18.4. The summed E-state index contributed by atoms with van der Waals surface area (Å²) in [5.41, 5.74) is 1.11. The summed E-state index contributed by atoms with van der Waals surface area (Å²) in [5, 5.41) is 0.929. The minimum Gasteiger partial charge on any atom is -0.379 e. The number of thiazole rings is 2. The van der Waals surface area contributed by atoms with Crippen LogP contribution in [-0.2, 0) is 4.74 Å². The molecular formula is C22H21FN4O2S2. The van der Waals surface area contributed by atoms with E-state index in [4.69, 9.17) is 4.74 Å². The summed E-state index contributed by atoms with van der Waals surface area (Å²) in [6.07, 6.45) is 0.787. The molecule has 1 aliphatic heterocycles. The molecule has 5 rings (SSSR count). The molecule has 1 amide bonds. The Labute approximate surface area is 186 Å². The smallest absolute Gasteiger partial charge is 0.289 e. The highest BCUT2D eigenvalue weighted by molar-refractivity contribution is 7.23. The molecule has 1 saturated heterocycles. The van der Waals surface area contributed by atoms with Crippen LogP contribution in [0.25, 0.3) is 20.4 Å². The fourth-order valence-corrected chi connectivity index (χ4v) is 5.58. The number of para-hydroxylation sites is 2. The van der Waals surface area contributed by atoms with E-state index in [9.17, 15) is 9.18 Å². The lowest BCUT2D eigenvalue weighted by Crippen LogP contribution is -2.39. The average molecular weight is 457 g/mol. The van der Waals surface area contributed by atoms with Crippen molar-refractivity contribution in [3.63, 3.8) is 0 Å². The number of benzene rings is 2. The second-order valence-electron chi connectivity index (χ2n) is 7.33. The Morgan fingerprint density at radius 1 is 1.06 bits per heavy atom. The largest absolute Gasteiger partial charge is 0.379 e. The Morgan fingerprint density at radius 3 is 2.68 bits per heavy atom. The maximum atomic E-state index is 14.2. The van der Waals surface area contributed by atoms with Crippen LogP contribution in [0.15, 0.2) is 42.5 Å². The first-order valence-corrected chi connectivity index (χ1v) is 11.8. The first kappa shape index (κ1) is 20.4. The molecule has 0 radical (unpaired) electrons. The number of amides is 1. The molecule has 9 heteroatoms. The molecule has 1 aliphatic rings. The van der Waals surface area contributed by atoms with Crippen molar-refractivity contribution in [3.8, 4) is 0 Å². The van der Waals surface area contributed by atoms with Crippen LogP contribution in [-0.4, -0.2) is 60.2 Å². The standard InChI is InChI=1S/C22H21FN4O2S2/c23-15-5-3-8-18-19(15)25-22(31-18)27(10-4-9-26-11-13-29-14-12-26)21(28)20-24-16-6-1-2-7-17(16)30-20/h1-3,5-8H,4,9-14H2. The van der Waals surface area contributed by atoms with Gasteiger partial charge in [0, 0.05) is 26.2 Å². The Bertz CT molecular complexity index is 1190. The van der Waals surface area contributed by atoms with Gasteiger partial charge in [0.25, 0.3) is 5.91 Å². The topological polar surface area (TPSA) is 58.6 Å². The highest BCUT2D eigenvalue weighted by Gasteiger charge is 2.25. The lowest BCUT2D eigenvalue weighted by Gasteiger charge is -2.27. The van der Waals surface area contributed by atoms with Gasteiger partial charge in [-0.3, -0.25) is 14.6 Å². The second-order valence-corrected chi connectivity index (χ2v) is 9.37. The van der Waals surface area contributed by atoms with Gasteiger partial charge in [0.1, 0.15) is 11.3 Å². The Hall–Kier alpha value is -2.46. The molecule has 0 N–H and O–H groups in total. The maximum absolute atomic E-state index is 14.2. The SMILES string of the molecule is O=C(c1nc2ccccc2s1)N(CCCN1CCOCC1)c1nc2c(F)cccc2s1. The predicted molar refractivity (Wildman–Crippen MR) is 123 cm³/mol. The summed E-state index contributed by atoms with van der Waals surface area (Å²) in [7, 11) is 0. The van der Waals surface area contributed by atoms with E-state index in [1.807, 2.05) is 30.3 Å². The van der Waals surface area contributed by atoms with Gasteiger partial charge in [-0.15, -0.1) is 11.3 Å². The van der Waals surface area contributed by atoms with Gasteiger partial charge in [0.2, 0.25) is 0 Å². The molecule has 0 spiro atoms. The number of anilines is 1. The summed E-state index contributed by atoms with van der Waals surface area (Å²) >= 11 is 2.71. The second kappa shape index (κ2) is 8.96. The van der Waals surface area contributed by atoms with E-state index in [1.54, 1.807) is 11.0 Å². The van der Waals surface area contributed by atoms with Crippen molar-refractivity contribution in [1.29, 1.82) is 0 Å². The van der Waals surface area contributed by atoms with Gasteiger partial charge < -0.3 is 4.74 Å². The first-order valence-electron chi connectivity index (χ1n) is 10.2. The van der Waals surface area contributed by atoms with Crippen LogP contribution in [0.1, 0.15) is 16.2 Å². The third kappa shape index (κ3) is 4.31. The highest BCUT2D eigenvalue weighted by atomic mass is 32.1. The first-order chi connectivity index (χ1) is 15.2. The number of hydrogen-bond acceptors (Lipinski definition) is 7. The van der Waals surface area contributed by atoms with Gasteiger partial charge in [-0.05, 0) is 30.7 Å². The van der Waals surface area contributed by atoms with Crippen molar-refractivity contribution >= 4 is 54.1 Å². The molecule has 2 aromatic heterocycles. The predicted octanol–water partition coefficient (Wildman–Crippen LogP) is 4.41. The van der Waals surface area contributed by atoms with Crippen molar-refractivity contribution in [2.24, 2.45) is 0 Å². The third-order valence-electron chi connectivity index (χ3n) is 5.27. The molecule has 0 saturated carbocycles. The number of fused-ring (bicyclic) bond motifs is 2. The molecule has 0 atom stereocenters. The Kier molecular flexibility index (Phi) is 5.91. The Morgan fingerprint density at radius 2 is 1.87 bits per heavy atom. The maximum Gasteiger partial charge on any atom is 0.289 e. The van der Waals surface area contributed by atoms with Crippen molar-refractivity contribution in [3.05, 3.63) is 53.3 Å². The minimum atomic E-state index is -0.374. The van der Waals surface area contributed by atoms with Crippen molar-refractivity contribution < 1.29 is 13.9 Å². The van der Waals surface area contributed by atoms with Gasteiger partial charge in [-0.1, -0.05) is 29.5 Å². The number of morpholine rings is 1. The molecule has 6 nitrogen and oxygen atoms in total. The number of carbonyl (C=O) groups is 1. The van der Waals surface area contributed by atoms with Crippen LogP contribution < -0.4 is 4.90 Å². The third-order valence-corrected chi connectivity index (χ3v) is 7.34. The van der Waals surface area contributed by atoms with Crippen LogP contribution in [0.5, 0.6) is 0 Å². The summed E-state index contributed by atoms with van der Waals surface area (Å²) in [5.74, 6) is -0.566. The molecule has 0 bridgehead atoms. The van der Waals surface area contributed by atoms with Crippen LogP contribution in [0.2, 0.25) is 0 Å². The minimum absolute atomic E-state index is 0.192. The van der Waals surface area contributed by atoms with E-state index < -0.39 is 0 Å². The van der Waals surface area contributed by atoms with E-state index in [0.717, 1.165) is 54.2 Å². The normalized spacial score (nSPS) is 15.0. The van der Waals surface area contributed by atoms with Gasteiger partial charge in [0.05, 0.1) is 28.1 Å². The van der Waals surface area contributed by atoms with Crippen LogP contribution in [0, 0.1) is 5.82 Å². The lowest BCUT2D eigenvalue weighted by molar-refractivity contribution is 0.0376. The Balaban J connectivity index is 1.43. The van der Waals surface area contributed by atoms with Gasteiger partial charge in [-0.25, -0.2) is 14.4 Å². The molecule has 31 heavy (non-hydrogen) atoms. The van der Waals surface area contributed by atoms with Gasteiger partial charge in [0.15, 0.2) is 10.1 Å². The number of ether oxygens (including phenoxy) is 1. The molecule has 0 unspecified atom stereocenters. The summed E-state index contributed by atoms with van der Waals surface area (Å²) in [6, 6.07) is 12.6. The summed E-state index contributed by atoms with van der Waals surface area (Å²) < 4.78 is 21.3. The van der Waals surface area contributed by atoms with Crippen LogP contribution >= 0.6 is 22.7 Å². The number of nitrogens with zero attached hydrogens (tertiary/aromatic N) is 4. The van der Waals surface area contributed by atoms with E-state index in [-0.39, 0.29) is 11.7 Å². The van der Waals surface area contributed by atoms with Crippen LogP contribution in [0.3, 0.4) is 0 Å². The zero-order chi connectivity index (χ0) is 21.2. The molecule has 1 fully saturated rings.